The molecule has 2 aliphatic carbocycles. The monoisotopic (exact) mass is 226 g/mol. The van der Waals surface area contributed by atoms with Crippen LogP contribution >= 0.6 is 0 Å². The van der Waals surface area contributed by atoms with Gasteiger partial charge >= 0.3 is 0 Å². The van der Waals surface area contributed by atoms with Crippen molar-refractivity contribution < 1.29 is 9.90 Å². The van der Waals surface area contributed by atoms with Crippen LogP contribution in [-0.2, 0) is 4.79 Å². The summed E-state index contributed by atoms with van der Waals surface area (Å²) in [6, 6.07) is 0. The fourth-order valence-corrected chi connectivity index (χ4v) is 3.69. The average Bonchev–Trinajstić information content (AvgIpc) is 2.45. The van der Waals surface area contributed by atoms with E-state index in [2.05, 4.69) is 12.2 Å². The van der Waals surface area contributed by atoms with Crippen molar-refractivity contribution in [1.29, 1.82) is 0 Å². The molecule has 92 valence electrons. The van der Waals surface area contributed by atoms with E-state index in [1.165, 1.54) is 6.42 Å². The van der Waals surface area contributed by atoms with E-state index >= 15 is 0 Å². The molecular weight excluding hydrogens is 204 g/mol. The van der Waals surface area contributed by atoms with E-state index in [1.54, 1.807) is 0 Å². The molecule has 16 heavy (non-hydrogen) atoms. The number of hydrogen-bond donors (Lipinski definition) is 3. The first-order valence-corrected chi connectivity index (χ1v) is 6.27. The van der Waals surface area contributed by atoms with Crippen LogP contribution in [0.25, 0.3) is 0 Å². The first kappa shape index (κ1) is 11.9. The predicted octanol–water partition coefficient (Wildman–Crippen LogP) is 0.249. The summed E-state index contributed by atoms with van der Waals surface area (Å²) >= 11 is 0. The number of fused-ring (bicyclic) bond motifs is 2. The molecular formula is C12H22N2O2. The lowest BCUT2D eigenvalue weighted by atomic mass is 9.73. The average molecular weight is 226 g/mol. The highest BCUT2D eigenvalue weighted by molar-refractivity contribution is 5.77. The standard InChI is InChI=1S/C12H22N2O2/c1-8-5-9-3-2-4-10(8)12(9,16)7-14-11(15)6-13/h8-10,16H,2-7,13H2,1H3,(H,14,15)/t8-,9?,10+,12+/m0/s1. The smallest absolute Gasteiger partial charge is 0.233 e. The van der Waals surface area contributed by atoms with Crippen molar-refractivity contribution >= 4 is 5.91 Å². The molecule has 2 aliphatic rings. The maximum atomic E-state index is 11.2. The van der Waals surface area contributed by atoms with Crippen LogP contribution in [0.3, 0.4) is 0 Å². The van der Waals surface area contributed by atoms with Gasteiger partial charge in [-0.2, -0.15) is 0 Å². The van der Waals surface area contributed by atoms with Crippen LogP contribution in [0.1, 0.15) is 32.6 Å². The van der Waals surface area contributed by atoms with Crippen molar-refractivity contribution in [1.82, 2.24) is 5.32 Å². The molecule has 2 saturated carbocycles. The van der Waals surface area contributed by atoms with Crippen LogP contribution in [0.2, 0.25) is 0 Å². The van der Waals surface area contributed by atoms with Crippen molar-refractivity contribution in [3.63, 3.8) is 0 Å². The van der Waals surface area contributed by atoms with Gasteiger partial charge in [-0.05, 0) is 37.0 Å². The topological polar surface area (TPSA) is 75.3 Å². The Morgan fingerprint density at radius 1 is 1.56 bits per heavy atom. The van der Waals surface area contributed by atoms with Crippen molar-refractivity contribution in [2.24, 2.45) is 23.5 Å². The number of amides is 1. The Morgan fingerprint density at radius 3 is 2.94 bits per heavy atom. The van der Waals surface area contributed by atoms with E-state index in [-0.39, 0.29) is 12.5 Å². The lowest BCUT2D eigenvalue weighted by molar-refractivity contribution is -0.123. The first-order valence-electron chi connectivity index (χ1n) is 6.27. The van der Waals surface area contributed by atoms with Gasteiger partial charge in [-0.15, -0.1) is 0 Å². The number of rotatable bonds is 3. The molecule has 0 heterocycles. The first-order chi connectivity index (χ1) is 7.58. The molecule has 0 radical (unpaired) electrons. The number of carbonyl (C=O) groups excluding carboxylic acids is 1. The minimum Gasteiger partial charge on any atom is -0.387 e. The Hall–Kier alpha value is -0.610. The summed E-state index contributed by atoms with van der Waals surface area (Å²) in [5, 5.41) is 13.5. The summed E-state index contributed by atoms with van der Waals surface area (Å²) in [6.07, 6.45) is 4.50. The van der Waals surface area contributed by atoms with Crippen molar-refractivity contribution in [2.45, 2.75) is 38.2 Å². The molecule has 1 unspecified atom stereocenters. The minimum absolute atomic E-state index is 0.000959. The zero-order valence-corrected chi connectivity index (χ0v) is 9.91. The summed E-state index contributed by atoms with van der Waals surface area (Å²) in [4.78, 5) is 11.2. The van der Waals surface area contributed by atoms with Gasteiger partial charge in [0.2, 0.25) is 5.91 Å². The number of hydrogen-bond acceptors (Lipinski definition) is 3. The van der Waals surface area contributed by atoms with E-state index in [9.17, 15) is 9.90 Å². The van der Waals surface area contributed by atoms with Crippen molar-refractivity contribution in [2.75, 3.05) is 13.1 Å². The molecule has 0 aromatic carbocycles. The molecule has 2 rings (SSSR count). The van der Waals surface area contributed by atoms with Gasteiger partial charge in [0.1, 0.15) is 0 Å². The normalized spacial score (nSPS) is 42.1. The number of nitrogens with two attached hydrogens (primary N) is 1. The van der Waals surface area contributed by atoms with Crippen LogP contribution in [0.5, 0.6) is 0 Å². The van der Waals surface area contributed by atoms with Gasteiger partial charge in [0.05, 0.1) is 12.1 Å². The molecule has 4 nitrogen and oxygen atoms in total. The maximum absolute atomic E-state index is 11.2. The highest BCUT2D eigenvalue weighted by atomic mass is 16.3. The van der Waals surface area contributed by atoms with Crippen molar-refractivity contribution in [3.05, 3.63) is 0 Å². The van der Waals surface area contributed by atoms with E-state index in [4.69, 9.17) is 5.73 Å². The molecule has 0 aromatic heterocycles. The Balaban J connectivity index is 2.03. The van der Waals surface area contributed by atoms with Crippen LogP contribution in [0.15, 0.2) is 0 Å². The van der Waals surface area contributed by atoms with E-state index in [1.807, 2.05) is 0 Å². The van der Waals surface area contributed by atoms with E-state index in [0.29, 0.717) is 24.3 Å². The second-order valence-corrected chi connectivity index (χ2v) is 5.42. The maximum Gasteiger partial charge on any atom is 0.233 e. The fraction of sp³-hybridized carbons (Fsp3) is 0.917. The third kappa shape index (κ3) is 1.84. The Morgan fingerprint density at radius 2 is 2.31 bits per heavy atom. The van der Waals surface area contributed by atoms with Gasteiger partial charge in [0.25, 0.3) is 0 Å². The van der Waals surface area contributed by atoms with Gasteiger partial charge in [0, 0.05) is 6.54 Å². The van der Waals surface area contributed by atoms with Crippen LogP contribution in [-0.4, -0.2) is 29.7 Å². The van der Waals surface area contributed by atoms with Crippen molar-refractivity contribution in [3.8, 4) is 0 Å². The minimum atomic E-state index is -0.678. The fourth-order valence-electron chi connectivity index (χ4n) is 3.69. The summed E-state index contributed by atoms with van der Waals surface area (Å²) in [7, 11) is 0. The van der Waals surface area contributed by atoms with Gasteiger partial charge in [-0.3, -0.25) is 4.79 Å². The predicted molar refractivity (Wildman–Crippen MR) is 61.6 cm³/mol. The summed E-state index contributed by atoms with van der Waals surface area (Å²) in [5.74, 6) is 1.11. The summed E-state index contributed by atoms with van der Waals surface area (Å²) < 4.78 is 0. The van der Waals surface area contributed by atoms with E-state index < -0.39 is 5.60 Å². The zero-order chi connectivity index (χ0) is 11.8. The Labute approximate surface area is 96.6 Å². The molecule has 2 fully saturated rings. The molecule has 0 aromatic rings. The van der Waals surface area contributed by atoms with Crippen LogP contribution < -0.4 is 11.1 Å². The molecule has 0 spiro atoms. The quantitative estimate of drug-likeness (QED) is 0.645. The highest BCUT2D eigenvalue weighted by Crippen LogP contribution is 2.52. The largest absolute Gasteiger partial charge is 0.387 e. The summed E-state index contributed by atoms with van der Waals surface area (Å²) in [6.45, 7) is 2.59. The molecule has 4 N–H and O–H groups in total. The lowest BCUT2D eigenvalue weighted by Crippen LogP contribution is -2.52. The van der Waals surface area contributed by atoms with Gasteiger partial charge in [0.15, 0.2) is 0 Å². The molecule has 0 saturated heterocycles. The van der Waals surface area contributed by atoms with Gasteiger partial charge in [-0.25, -0.2) is 0 Å². The number of aliphatic hydroxyl groups is 1. The number of carbonyl (C=O) groups is 1. The molecule has 2 bridgehead atoms. The van der Waals surface area contributed by atoms with E-state index in [0.717, 1.165) is 19.3 Å². The molecule has 4 atom stereocenters. The number of nitrogens with one attached hydrogen (secondary N) is 1. The van der Waals surface area contributed by atoms with Gasteiger partial charge < -0.3 is 16.2 Å². The van der Waals surface area contributed by atoms with Crippen LogP contribution in [0, 0.1) is 17.8 Å². The molecule has 4 heteroatoms. The second kappa shape index (κ2) is 4.34. The Bertz CT molecular complexity index is 282. The molecule has 1 amide bonds. The van der Waals surface area contributed by atoms with Crippen LogP contribution in [0.4, 0.5) is 0 Å². The highest BCUT2D eigenvalue weighted by Gasteiger charge is 2.53. The van der Waals surface area contributed by atoms with Gasteiger partial charge in [-0.1, -0.05) is 13.3 Å². The second-order valence-electron chi connectivity index (χ2n) is 5.42. The third-order valence-corrected chi connectivity index (χ3v) is 4.51. The molecule has 0 aliphatic heterocycles. The zero-order valence-electron chi connectivity index (χ0n) is 9.91. The lowest BCUT2D eigenvalue weighted by Gasteiger charge is -2.40. The summed E-state index contributed by atoms with van der Waals surface area (Å²) in [5.41, 5.74) is 4.57. The third-order valence-electron chi connectivity index (χ3n) is 4.51. The SMILES string of the molecule is C[C@H]1CC2CCC[C@H]1[C@@]2(O)CNC(=O)CN. The Kier molecular flexibility index (Phi) is 3.22.